The number of hydrogen-bond acceptors (Lipinski definition) is 3. The van der Waals surface area contributed by atoms with E-state index in [2.05, 4.69) is 17.4 Å². The van der Waals surface area contributed by atoms with Crippen molar-refractivity contribution in [3.05, 3.63) is 71.3 Å². The smallest absolute Gasteiger partial charge is 0.335 e. The van der Waals surface area contributed by atoms with Crippen LogP contribution in [-0.2, 0) is 11.2 Å². The predicted octanol–water partition coefficient (Wildman–Crippen LogP) is 2.60. The van der Waals surface area contributed by atoms with Gasteiger partial charge in [0.05, 0.1) is 12.1 Å². The van der Waals surface area contributed by atoms with Gasteiger partial charge in [-0.05, 0) is 48.9 Å². The third-order valence-corrected chi connectivity index (χ3v) is 5.11. The number of likely N-dealkylation sites (tertiary alicyclic amines) is 1. The Morgan fingerprint density at radius 2 is 1.64 bits per heavy atom. The molecule has 146 valence electrons. The van der Waals surface area contributed by atoms with E-state index in [-0.39, 0.29) is 23.6 Å². The molecule has 2 amide bonds. The van der Waals surface area contributed by atoms with Crippen molar-refractivity contribution >= 4 is 17.8 Å². The molecule has 0 radical (unpaired) electrons. The summed E-state index contributed by atoms with van der Waals surface area (Å²) in [7, 11) is 0. The minimum absolute atomic E-state index is 0.0412. The third kappa shape index (κ3) is 5.19. The van der Waals surface area contributed by atoms with Crippen molar-refractivity contribution in [2.75, 3.05) is 19.6 Å². The normalized spacial score (nSPS) is 14.5. The Morgan fingerprint density at radius 1 is 0.964 bits per heavy atom. The average molecular weight is 380 g/mol. The number of carbonyl (C=O) groups is 3. The summed E-state index contributed by atoms with van der Waals surface area (Å²) in [6, 6.07) is 16.1. The lowest BCUT2D eigenvalue weighted by Crippen LogP contribution is -2.44. The van der Waals surface area contributed by atoms with Gasteiger partial charge in [0.25, 0.3) is 5.91 Å². The fourth-order valence-corrected chi connectivity index (χ4v) is 3.50. The molecule has 0 saturated carbocycles. The van der Waals surface area contributed by atoms with Gasteiger partial charge in [-0.1, -0.05) is 36.4 Å². The van der Waals surface area contributed by atoms with Gasteiger partial charge in [-0.25, -0.2) is 4.79 Å². The summed E-state index contributed by atoms with van der Waals surface area (Å²) in [6.07, 6.45) is 2.93. The summed E-state index contributed by atoms with van der Waals surface area (Å²) in [6.45, 7) is 1.31. The second-order valence-electron chi connectivity index (χ2n) is 7.08. The van der Waals surface area contributed by atoms with E-state index in [0.717, 1.165) is 19.3 Å². The van der Waals surface area contributed by atoms with E-state index in [1.807, 2.05) is 18.2 Å². The van der Waals surface area contributed by atoms with Crippen LogP contribution in [0.1, 0.15) is 39.1 Å². The second-order valence-corrected chi connectivity index (χ2v) is 7.08. The van der Waals surface area contributed by atoms with Gasteiger partial charge in [-0.3, -0.25) is 9.59 Å². The molecule has 0 bridgehead atoms. The van der Waals surface area contributed by atoms with E-state index in [1.165, 1.54) is 29.8 Å². The minimum atomic E-state index is -1.09. The van der Waals surface area contributed by atoms with Gasteiger partial charge in [-0.2, -0.15) is 0 Å². The van der Waals surface area contributed by atoms with E-state index >= 15 is 0 Å². The summed E-state index contributed by atoms with van der Waals surface area (Å²) in [5.74, 6) is -1.08. The lowest BCUT2D eigenvalue weighted by Gasteiger charge is -2.32. The number of carboxylic acid groups (broad SMARTS) is 1. The lowest BCUT2D eigenvalue weighted by molar-refractivity contribution is -0.131. The number of benzene rings is 2. The van der Waals surface area contributed by atoms with Crippen LogP contribution in [0.25, 0.3) is 0 Å². The molecule has 1 saturated heterocycles. The summed E-state index contributed by atoms with van der Waals surface area (Å²) in [4.78, 5) is 37.4. The van der Waals surface area contributed by atoms with Crippen molar-refractivity contribution in [1.82, 2.24) is 10.2 Å². The molecular formula is C22H24N2O4. The second kappa shape index (κ2) is 9.17. The zero-order chi connectivity index (χ0) is 19.9. The van der Waals surface area contributed by atoms with Gasteiger partial charge in [-0.15, -0.1) is 0 Å². The van der Waals surface area contributed by atoms with Crippen LogP contribution in [0.15, 0.2) is 54.6 Å². The number of nitrogens with zero attached hydrogens (tertiary/aromatic N) is 1. The number of amides is 2. The largest absolute Gasteiger partial charge is 0.478 e. The van der Waals surface area contributed by atoms with Crippen LogP contribution in [0.3, 0.4) is 0 Å². The molecule has 0 spiro atoms. The van der Waals surface area contributed by atoms with E-state index < -0.39 is 11.9 Å². The molecule has 1 aliphatic heterocycles. The molecule has 28 heavy (non-hydrogen) atoms. The van der Waals surface area contributed by atoms with Crippen LogP contribution in [-0.4, -0.2) is 47.4 Å². The van der Waals surface area contributed by atoms with Crippen LogP contribution < -0.4 is 5.32 Å². The van der Waals surface area contributed by atoms with Crippen molar-refractivity contribution in [3.63, 3.8) is 0 Å². The third-order valence-electron chi connectivity index (χ3n) is 5.11. The van der Waals surface area contributed by atoms with Gasteiger partial charge in [0.15, 0.2) is 0 Å². The monoisotopic (exact) mass is 380 g/mol. The van der Waals surface area contributed by atoms with E-state index in [0.29, 0.717) is 19.0 Å². The quantitative estimate of drug-likeness (QED) is 0.806. The highest BCUT2D eigenvalue weighted by atomic mass is 16.4. The molecule has 6 heteroatoms. The Balaban J connectivity index is 1.45. The van der Waals surface area contributed by atoms with Crippen molar-refractivity contribution in [2.24, 2.45) is 5.92 Å². The first-order valence-electron chi connectivity index (χ1n) is 9.46. The molecule has 0 atom stereocenters. The molecule has 1 heterocycles. The maximum atomic E-state index is 12.4. The Morgan fingerprint density at radius 3 is 2.32 bits per heavy atom. The van der Waals surface area contributed by atoms with E-state index in [1.54, 1.807) is 4.90 Å². The maximum absolute atomic E-state index is 12.4. The van der Waals surface area contributed by atoms with Crippen molar-refractivity contribution in [1.29, 1.82) is 0 Å². The SMILES string of the molecule is O=C(O)c1cccc(C(=O)NCC(=O)N2CCC(Cc3ccccc3)CC2)c1. The van der Waals surface area contributed by atoms with Gasteiger partial charge >= 0.3 is 5.97 Å². The van der Waals surface area contributed by atoms with Crippen molar-refractivity contribution in [2.45, 2.75) is 19.3 Å². The first kappa shape index (κ1) is 19.6. The molecule has 6 nitrogen and oxygen atoms in total. The number of hydrogen-bond donors (Lipinski definition) is 2. The zero-order valence-corrected chi connectivity index (χ0v) is 15.6. The Bertz CT molecular complexity index is 843. The summed E-state index contributed by atoms with van der Waals surface area (Å²) in [5.41, 5.74) is 1.59. The number of piperidine rings is 1. The van der Waals surface area contributed by atoms with E-state index in [9.17, 15) is 14.4 Å². The molecule has 0 unspecified atom stereocenters. The van der Waals surface area contributed by atoms with Crippen LogP contribution in [0.4, 0.5) is 0 Å². The number of nitrogens with one attached hydrogen (secondary N) is 1. The maximum Gasteiger partial charge on any atom is 0.335 e. The Kier molecular flexibility index (Phi) is 6.42. The fraction of sp³-hybridized carbons (Fsp3) is 0.318. The first-order valence-corrected chi connectivity index (χ1v) is 9.46. The molecular weight excluding hydrogens is 356 g/mol. The summed E-state index contributed by atoms with van der Waals surface area (Å²) in [5, 5.41) is 11.6. The number of carbonyl (C=O) groups excluding carboxylic acids is 2. The highest BCUT2D eigenvalue weighted by Gasteiger charge is 2.23. The molecule has 2 aromatic rings. The van der Waals surface area contributed by atoms with Gasteiger partial charge < -0.3 is 15.3 Å². The highest BCUT2D eigenvalue weighted by Crippen LogP contribution is 2.21. The lowest BCUT2D eigenvalue weighted by atomic mass is 9.90. The van der Waals surface area contributed by atoms with Crippen LogP contribution >= 0.6 is 0 Å². The van der Waals surface area contributed by atoms with Crippen molar-refractivity contribution < 1.29 is 19.5 Å². The molecule has 1 fully saturated rings. The van der Waals surface area contributed by atoms with Crippen LogP contribution in [0.2, 0.25) is 0 Å². The van der Waals surface area contributed by atoms with Gasteiger partial charge in [0.2, 0.25) is 5.91 Å². The molecule has 2 N–H and O–H groups in total. The zero-order valence-electron chi connectivity index (χ0n) is 15.6. The average Bonchev–Trinajstić information content (AvgIpc) is 2.73. The summed E-state index contributed by atoms with van der Waals surface area (Å²) >= 11 is 0. The molecule has 0 aromatic heterocycles. The number of carboxylic acids is 1. The molecule has 3 rings (SSSR count). The minimum Gasteiger partial charge on any atom is -0.478 e. The molecule has 2 aromatic carbocycles. The Hall–Kier alpha value is -3.15. The number of rotatable bonds is 6. The topological polar surface area (TPSA) is 86.7 Å². The van der Waals surface area contributed by atoms with Gasteiger partial charge in [0, 0.05) is 18.7 Å². The first-order chi connectivity index (χ1) is 13.5. The Labute approximate surface area is 164 Å². The standard InChI is InChI=1S/C22H24N2O4/c25-20(15-23-21(26)18-7-4-8-19(14-18)22(27)28)24-11-9-17(10-12-24)13-16-5-2-1-3-6-16/h1-8,14,17H,9-13,15H2,(H,23,26)(H,27,28). The van der Waals surface area contributed by atoms with Crippen LogP contribution in [0, 0.1) is 5.92 Å². The predicted molar refractivity (Wildman–Crippen MR) is 105 cm³/mol. The highest BCUT2D eigenvalue weighted by molar-refractivity contribution is 5.98. The molecule has 1 aliphatic rings. The summed E-state index contributed by atoms with van der Waals surface area (Å²) < 4.78 is 0. The molecule has 0 aliphatic carbocycles. The van der Waals surface area contributed by atoms with Crippen molar-refractivity contribution in [3.8, 4) is 0 Å². The number of aromatic carboxylic acids is 1. The van der Waals surface area contributed by atoms with Gasteiger partial charge in [0.1, 0.15) is 0 Å². The van der Waals surface area contributed by atoms with E-state index in [4.69, 9.17) is 5.11 Å². The fourth-order valence-electron chi connectivity index (χ4n) is 3.50. The van der Waals surface area contributed by atoms with Crippen LogP contribution in [0.5, 0.6) is 0 Å².